The van der Waals surface area contributed by atoms with Crippen molar-refractivity contribution in [2.24, 2.45) is 0 Å². The molecule has 0 spiro atoms. The van der Waals surface area contributed by atoms with Crippen LogP contribution < -0.4 is 5.32 Å². The third-order valence-corrected chi connectivity index (χ3v) is 3.78. The smallest absolute Gasteiger partial charge is 0.306 e. The third kappa shape index (κ3) is 5.87. The Balaban J connectivity index is 1.78. The van der Waals surface area contributed by atoms with Crippen molar-refractivity contribution in [3.05, 3.63) is 64.6 Å². The molecule has 0 aromatic heterocycles. The summed E-state index contributed by atoms with van der Waals surface area (Å²) in [7, 11) is 0. The van der Waals surface area contributed by atoms with E-state index in [4.69, 9.17) is 4.74 Å². The lowest BCUT2D eigenvalue weighted by atomic mass is 10.1. The SMILES string of the molecule is C[C@@H](OC(=O)CCc1ccccc1)C(=O)Nc1ccc(Br)cc1. The molecule has 0 fully saturated rings. The second kappa shape index (κ2) is 8.48. The largest absolute Gasteiger partial charge is 0.453 e. The van der Waals surface area contributed by atoms with Crippen LogP contribution in [0.4, 0.5) is 5.69 Å². The summed E-state index contributed by atoms with van der Waals surface area (Å²) >= 11 is 3.33. The van der Waals surface area contributed by atoms with Gasteiger partial charge in [-0.15, -0.1) is 0 Å². The predicted molar refractivity (Wildman–Crippen MR) is 93.1 cm³/mol. The molecule has 1 N–H and O–H groups in total. The topological polar surface area (TPSA) is 55.4 Å². The van der Waals surface area contributed by atoms with Gasteiger partial charge in [0.1, 0.15) is 0 Å². The van der Waals surface area contributed by atoms with E-state index in [0.717, 1.165) is 10.0 Å². The van der Waals surface area contributed by atoms with Crippen LogP contribution in [0.5, 0.6) is 0 Å². The summed E-state index contributed by atoms with van der Waals surface area (Å²) in [5.41, 5.74) is 1.72. The number of benzene rings is 2. The quantitative estimate of drug-likeness (QED) is 0.777. The van der Waals surface area contributed by atoms with Gasteiger partial charge in [-0.2, -0.15) is 0 Å². The first-order chi connectivity index (χ1) is 11.0. The molecule has 120 valence electrons. The van der Waals surface area contributed by atoms with Crippen LogP contribution in [-0.2, 0) is 20.7 Å². The van der Waals surface area contributed by atoms with Crippen LogP contribution in [-0.4, -0.2) is 18.0 Å². The summed E-state index contributed by atoms with van der Waals surface area (Å²) in [5, 5.41) is 2.71. The van der Waals surface area contributed by atoms with Gasteiger partial charge in [-0.3, -0.25) is 9.59 Å². The van der Waals surface area contributed by atoms with Gasteiger partial charge in [-0.25, -0.2) is 0 Å². The number of esters is 1. The van der Waals surface area contributed by atoms with Crippen molar-refractivity contribution in [3.63, 3.8) is 0 Å². The number of amides is 1. The number of ether oxygens (including phenoxy) is 1. The normalized spacial score (nSPS) is 11.6. The standard InChI is InChI=1S/C18H18BrNO3/c1-13(18(22)20-16-10-8-15(19)9-11-16)23-17(21)12-7-14-5-3-2-4-6-14/h2-6,8-11,13H,7,12H2,1H3,(H,20,22)/t13-/m1/s1. The molecule has 2 rings (SSSR count). The number of hydrogen-bond acceptors (Lipinski definition) is 3. The minimum atomic E-state index is -0.832. The van der Waals surface area contributed by atoms with E-state index in [0.29, 0.717) is 12.1 Å². The minimum Gasteiger partial charge on any atom is -0.453 e. The molecule has 2 aromatic rings. The highest BCUT2D eigenvalue weighted by atomic mass is 79.9. The number of hydrogen-bond donors (Lipinski definition) is 1. The lowest BCUT2D eigenvalue weighted by Gasteiger charge is -2.13. The number of anilines is 1. The molecule has 0 aliphatic carbocycles. The summed E-state index contributed by atoms with van der Waals surface area (Å²) in [4.78, 5) is 23.8. The van der Waals surface area contributed by atoms with E-state index < -0.39 is 6.10 Å². The Morgan fingerprint density at radius 1 is 1.09 bits per heavy atom. The Bertz CT molecular complexity index is 656. The van der Waals surface area contributed by atoms with Gasteiger partial charge in [0.25, 0.3) is 5.91 Å². The first-order valence-electron chi connectivity index (χ1n) is 7.34. The molecule has 0 unspecified atom stereocenters. The zero-order valence-electron chi connectivity index (χ0n) is 12.8. The van der Waals surface area contributed by atoms with Crippen molar-refractivity contribution in [2.75, 3.05) is 5.32 Å². The highest BCUT2D eigenvalue weighted by molar-refractivity contribution is 9.10. The molecule has 0 saturated carbocycles. The van der Waals surface area contributed by atoms with Crippen LogP contribution in [0.3, 0.4) is 0 Å². The molecule has 0 aliphatic rings. The Kier molecular flexibility index (Phi) is 6.35. The minimum absolute atomic E-state index is 0.250. The number of nitrogens with one attached hydrogen (secondary N) is 1. The number of carbonyl (C=O) groups is 2. The van der Waals surface area contributed by atoms with E-state index in [1.165, 1.54) is 0 Å². The highest BCUT2D eigenvalue weighted by Crippen LogP contribution is 2.14. The van der Waals surface area contributed by atoms with E-state index in [1.54, 1.807) is 19.1 Å². The van der Waals surface area contributed by atoms with Gasteiger partial charge in [0.2, 0.25) is 0 Å². The predicted octanol–water partition coefficient (Wildman–Crippen LogP) is 3.95. The van der Waals surface area contributed by atoms with Gasteiger partial charge in [0, 0.05) is 16.6 Å². The Morgan fingerprint density at radius 2 is 1.74 bits per heavy atom. The second-order valence-corrected chi connectivity index (χ2v) is 6.03. The second-order valence-electron chi connectivity index (χ2n) is 5.11. The van der Waals surface area contributed by atoms with E-state index in [-0.39, 0.29) is 18.3 Å². The number of carbonyl (C=O) groups excluding carboxylic acids is 2. The van der Waals surface area contributed by atoms with E-state index in [1.807, 2.05) is 42.5 Å². The fraction of sp³-hybridized carbons (Fsp3) is 0.222. The molecule has 1 atom stereocenters. The fourth-order valence-corrected chi connectivity index (χ4v) is 2.24. The number of aryl methyl sites for hydroxylation is 1. The molecule has 4 nitrogen and oxygen atoms in total. The van der Waals surface area contributed by atoms with Crippen LogP contribution in [0, 0.1) is 0 Å². The van der Waals surface area contributed by atoms with Gasteiger partial charge in [0.05, 0.1) is 0 Å². The first-order valence-corrected chi connectivity index (χ1v) is 8.14. The molecule has 0 aliphatic heterocycles. The summed E-state index contributed by atoms with van der Waals surface area (Å²) in [5.74, 6) is -0.729. The maximum atomic E-state index is 12.0. The molecular weight excluding hydrogens is 358 g/mol. The zero-order valence-corrected chi connectivity index (χ0v) is 14.4. The monoisotopic (exact) mass is 375 g/mol. The molecule has 0 saturated heterocycles. The van der Waals surface area contributed by atoms with Crippen molar-refractivity contribution in [2.45, 2.75) is 25.9 Å². The molecule has 5 heteroatoms. The van der Waals surface area contributed by atoms with E-state index in [9.17, 15) is 9.59 Å². The number of rotatable bonds is 6. The van der Waals surface area contributed by atoms with Crippen molar-refractivity contribution in [1.29, 1.82) is 0 Å². The van der Waals surface area contributed by atoms with Crippen LogP contribution in [0.1, 0.15) is 18.9 Å². The maximum absolute atomic E-state index is 12.0. The first kappa shape index (κ1) is 17.2. The van der Waals surface area contributed by atoms with Crippen LogP contribution in [0.2, 0.25) is 0 Å². The van der Waals surface area contributed by atoms with Crippen molar-refractivity contribution >= 4 is 33.5 Å². The van der Waals surface area contributed by atoms with Crippen molar-refractivity contribution < 1.29 is 14.3 Å². The average molecular weight is 376 g/mol. The van der Waals surface area contributed by atoms with Crippen molar-refractivity contribution in [3.8, 4) is 0 Å². The Labute approximate surface area is 144 Å². The lowest BCUT2D eigenvalue weighted by molar-refractivity contribution is -0.153. The molecule has 0 heterocycles. The van der Waals surface area contributed by atoms with E-state index in [2.05, 4.69) is 21.2 Å². The van der Waals surface area contributed by atoms with Gasteiger partial charge in [-0.05, 0) is 43.2 Å². The van der Waals surface area contributed by atoms with E-state index >= 15 is 0 Å². The molecule has 23 heavy (non-hydrogen) atoms. The van der Waals surface area contributed by atoms with Crippen LogP contribution >= 0.6 is 15.9 Å². The average Bonchev–Trinajstić information content (AvgIpc) is 2.56. The lowest BCUT2D eigenvalue weighted by Crippen LogP contribution is -2.30. The summed E-state index contributed by atoms with van der Waals surface area (Å²) in [6.45, 7) is 1.56. The van der Waals surface area contributed by atoms with Crippen molar-refractivity contribution in [1.82, 2.24) is 0 Å². The maximum Gasteiger partial charge on any atom is 0.306 e. The molecule has 2 aromatic carbocycles. The van der Waals surface area contributed by atoms with Gasteiger partial charge >= 0.3 is 5.97 Å². The molecule has 1 amide bonds. The highest BCUT2D eigenvalue weighted by Gasteiger charge is 2.17. The zero-order chi connectivity index (χ0) is 16.7. The van der Waals surface area contributed by atoms with Gasteiger partial charge in [0.15, 0.2) is 6.10 Å². The molecule has 0 bridgehead atoms. The molecule has 0 radical (unpaired) electrons. The molecular formula is C18H18BrNO3. The van der Waals surface area contributed by atoms with Crippen LogP contribution in [0.15, 0.2) is 59.1 Å². The third-order valence-electron chi connectivity index (χ3n) is 3.25. The Morgan fingerprint density at radius 3 is 2.39 bits per heavy atom. The fourth-order valence-electron chi connectivity index (χ4n) is 1.98. The number of halogens is 1. The van der Waals surface area contributed by atoms with Gasteiger partial charge in [-0.1, -0.05) is 46.3 Å². The van der Waals surface area contributed by atoms with Crippen LogP contribution in [0.25, 0.3) is 0 Å². The summed E-state index contributed by atoms with van der Waals surface area (Å²) < 4.78 is 6.10. The van der Waals surface area contributed by atoms with Gasteiger partial charge < -0.3 is 10.1 Å². The summed E-state index contributed by atoms with van der Waals surface area (Å²) in [6, 6.07) is 16.9. The Hall–Kier alpha value is -2.14. The summed E-state index contributed by atoms with van der Waals surface area (Å²) in [6.07, 6.45) is 0.0163.